The van der Waals surface area contributed by atoms with Crippen molar-refractivity contribution in [1.29, 1.82) is 0 Å². The molecule has 1 fully saturated rings. The standard InChI is InChI=1S/C20H21NO8/c22-15-14(29-20(27)17(24)16(15)23)10-28-19(26)12-6-8-13(9-7-12)21-18(25)11-4-2-1-3-5-11/h1-9,14-17,20,22-24,27H,10H2,(H,21,25)/t14-,15-,16+,17-,20?/m1/s1. The monoisotopic (exact) mass is 403 g/mol. The third-order valence-electron chi connectivity index (χ3n) is 4.48. The van der Waals surface area contributed by atoms with Crippen molar-refractivity contribution in [1.82, 2.24) is 0 Å². The second kappa shape index (κ2) is 9.12. The number of rotatable bonds is 5. The van der Waals surface area contributed by atoms with Gasteiger partial charge < -0.3 is 35.2 Å². The minimum Gasteiger partial charge on any atom is -0.459 e. The summed E-state index contributed by atoms with van der Waals surface area (Å²) >= 11 is 0. The van der Waals surface area contributed by atoms with Crippen LogP contribution >= 0.6 is 0 Å². The molecule has 9 nitrogen and oxygen atoms in total. The van der Waals surface area contributed by atoms with Crippen molar-refractivity contribution in [2.45, 2.75) is 30.7 Å². The molecule has 1 saturated heterocycles. The van der Waals surface area contributed by atoms with E-state index in [1.807, 2.05) is 0 Å². The van der Waals surface area contributed by atoms with Gasteiger partial charge in [0.05, 0.1) is 5.56 Å². The first-order valence-electron chi connectivity index (χ1n) is 8.88. The van der Waals surface area contributed by atoms with E-state index in [1.54, 1.807) is 30.3 Å². The number of benzene rings is 2. The average Bonchev–Trinajstić information content (AvgIpc) is 2.74. The third kappa shape index (κ3) is 4.97. The predicted molar refractivity (Wildman–Crippen MR) is 100 cm³/mol. The Morgan fingerprint density at radius 2 is 1.52 bits per heavy atom. The number of nitrogens with one attached hydrogen (secondary N) is 1. The van der Waals surface area contributed by atoms with E-state index in [-0.39, 0.29) is 11.5 Å². The zero-order valence-corrected chi connectivity index (χ0v) is 15.2. The first-order chi connectivity index (χ1) is 13.9. The summed E-state index contributed by atoms with van der Waals surface area (Å²) < 4.78 is 9.99. The van der Waals surface area contributed by atoms with Crippen LogP contribution in [0.25, 0.3) is 0 Å². The van der Waals surface area contributed by atoms with E-state index < -0.39 is 43.3 Å². The zero-order valence-electron chi connectivity index (χ0n) is 15.2. The second-order valence-electron chi connectivity index (χ2n) is 6.53. The van der Waals surface area contributed by atoms with E-state index in [4.69, 9.17) is 9.47 Å². The van der Waals surface area contributed by atoms with E-state index in [0.29, 0.717) is 11.3 Å². The minimum absolute atomic E-state index is 0.189. The number of hydrogen-bond acceptors (Lipinski definition) is 8. The molecule has 29 heavy (non-hydrogen) atoms. The molecule has 2 aromatic rings. The molecule has 1 aliphatic rings. The Labute approximate surface area is 166 Å². The van der Waals surface area contributed by atoms with Crippen LogP contribution in [-0.2, 0) is 9.47 Å². The molecule has 5 atom stereocenters. The van der Waals surface area contributed by atoms with Gasteiger partial charge in [0, 0.05) is 11.3 Å². The summed E-state index contributed by atoms with van der Waals surface area (Å²) in [6, 6.07) is 14.6. The second-order valence-corrected chi connectivity index (χ2v) is 6.53. The van der Waals surface area contributed by atoms with Crippen LogP contribution < -0.4 is 5.32 Å². The summed E-state index contributed by atoms with van der Waals surface area (Å²) in [4.78, 5) is 24.3. The van der Waals surface area contributed by atoms with Crippen molar-refractivity contribution in [3.8, 4) is 0 Å². The molecule has 1 heterocycles. The molecule has 0 bridgehead atoms. The van der Waals surface area contributed by atoms with E-state index in [0.717, 1.165) is 0 Å². The van der Waals surface area contributed by atoms with Crippen LogP contribution in [0, 0.1) is 0 Å². The summed E-state index contributed by atoms with van der Waals surface area (Å²) in [7, 11) is 0. The van der Waals surface area contributed by atoms with E-state index in [2.05, 4.69) is 5.32 Å². The number of carbonyl (C=O) groups is 2. The van der Waals surface area contributed by atoms with Crippen molar-refractivity contribution >= 4 is 17.6 Å². The van der Waals surface area contributed by atoms with Gasteiger partial charge in [0.2, 0.25) is 0 Å². The van der Waals surface area contributed by atoms with Gasteiger partial charge in [-0.3, -0.25) is 4.79 Å². The van der Waals surface area contributed by atoms with Crippen molar-refractivity contribution < 1.29 is 39.5 Å². The molecule has 1 amide bonds. The minimum atomic E-state index is -1.70. The van der Waals surface area contributed by atoms with Gasteiger partial charge in [-0.1, -0.05) is 18.2 Å². The average molecular weight is 403 g/mol. The highest BCUT2D eigenvalue weighted by molar-refractivity contribution is 6.04. The number of ether oxygens (including phenoxy) is 2. The van der Waals surface area contributed by atoms with Crippen molar-refractivity contribution in [3.63, 3.8) is 0 Å². The Morgan fingerprint density at radius 3 is 2.17 bits per heavy atom. The van der Waals surface area contributed by atoms with Crippen LogP contribution in [0.1, 0.15) is 20.7 Å². The first kappa shape index (κ1) is 20.9. The van der Waals surface area contributed by atoms with Crippen LogP contribution in [0.3, 0.4) is 0 Å². The lowest BCUT2D eigenvalue weighted by molar-refractivity contribution is -0.286. The molecule has 0 aromatic heterocycles. The number of aliphatic hydroxyl groups excluding tert-OH is 4. The SMILES string of the molecule is O=C(Nc1ccc(C(=O)OC[C@H]2OC(O)[C@H](O)[C@@H](O)[C@@H]2O)cc1)c1ccccc1. The molecule has 154 valence electrons. The lowest BCUT2D eigenvalue weighted by atomic mass is 9.99. The molecular weight excluding hydrogens is 382 g/mol. The Bertz CT molecular complexity index is 841. The van der Waals surface area contributed by atoms with Crippen LogP contribution in [0.5, 0.6) is 0 Å². The molecule has 1 unspecified atom stereocenters. The molecule has 5 N–H and O–H groups in total. The largest absolute Gasteiger partial charge is 0.459 e. The number of hydrogen-bond donors (Lipinski definition) is 5. The van der Waals surface area contributed by atoms with Crippen molar-refractivity contribution in [2.24, 2.45) is 0 Å². The summed E-state index contributed by atoms with van der Waals surface area (Å²) in [5.41, 5.74) is 1.17. The van der Waals surface area contributed by atoms with Crippen molar-refractivity contribution in [3.05, 3.63) is 65.7 Å². The summed E-state index contributed by atoms with van der Waals surface area (Å²) in [6.07, 6.45) is -7.72. The molecule has 9 heteroatoms. The Kier molecular flexibility index (Phi) is 6.57. The number of amides is 1. The topological polar surface area (TPSA) is 146 Å². The number of carbonyl (C=O) groups excluding carboxylic acids is 2. The maximum atomic E-state index is 12.2. The maximum Gasteiger partial charge on any atom is 0.338 e. The smallest absolute Gasteiger partial charge is 0.338 e. The fourth-order valence-corrected chi connectivity index (χ4v) is 2.79. The zero-order chi connectivity index (χ0) is 21.0. The third-order valence-corrected chi connectivity index (χ3v) is 4.48. The molecule has 0 saturated carbocycles. The lowest BCUT2D eigenvalue weighted by Crippen LogP contribution is -2.58. The van der Waals surface area contributed by atoms with Gasteiger partial charge in [0.1, 0.15) is 31.0 Å². The van der Waals surface area contributed by atoms with Gasteiger partial charge in [-0.25, -0.2) is 4.79 Å². The first-order valence-corrected chi connectivity index (χ1v) is 8.88. The fourth-order valence-electron chi connectivity index (χ4n) is 2.79. The van der Waals surface area contributed by atoms with Crippen LogP contribution in [0.15, 0.2) is 54.6 Å². The summed E-state index contributed by atoms with van der Waals surface area (Å²) in [5.74, 6) is -1.01. The van der Waals surface area contributed by atoms with Gasteiger partial charge in [-0.15, -0.1) is 0 Å². The molecule has 0 spiro atoms. The molecule has 0 aliphatic carbocycles. The summed E-state index contributed by atoms with van der Waals surface area (Å²) in [5, 5.41) is 41.1. The van der Waals surface area contributed by atoms with Crippen molar-refractivity contribution in [2.75, 3.05) is 11.9 Å². The highest BCUT2D eigenvalue weighted by atomic mass is 16.6. The van der Waals surface area contributed by atoms with E-state index in [9.17, 15) is 30.0 Å². The Morgan fingerprint density at radius 1 is 0.862 bits per heavy atom. The predicted octanol–water partition coefficient (Wildman–Crippen LogP) is -0.104. The van der Waals surface area contributed by atoms with Crippen LogP contribution in [-0.4, -0.2) is 69.6 Å². The Balaban J connectivity index is 1.54. The van der Waals surface area contributed by atoms with Gasteiger partial charge in [0.15, 0.2) is 6.29 Å². The quantitative estimate of drug-likeness (QED) is 0.435. The van der Waals surface area contributed by atoms with Crippen LogP contribution in [0.2, 0.25) is 0 Å². The molecule has 3 rings (SSSR count). The van der Waals surface area contributed by atoms with Gasteiger partial charge in [-0.05, 0) is 36.4 Å². The molecule has 2 aromatic carbocycles. The molecule has 0 radical (unpaired) electrons. The maximum absolute atomic E-state index is 12.2. The molecule has 1 aliphatic heterocycles. The number of anilines is 1. The van der Waals surface area contributed by atoms with E-state index >= 15 is 0 Å². The Hall–Kier alpha value is -2.82. The van der Waals surface area contributed by atoms with Gasteiger partial charge in [-0.2, -0.15) is 0 Å². The fraction of sp³-hybridized carbons (Fsp3) is 0.300. The van der Waals surface area contributed by atoms with E-state index in [1.165, 1.54) is 24.3 Å². The number of aliphatic hydroxyl groups is 4. The van der Waals surface area contributed by atoms with Gasteiger partial charge in [0.25, 0.3) is 5.91 Å². The lowest BCUT2D eigenvalue weighted by Gasteiger charge is -2.37. The van der Waals surface area contributed by atoms with Gasteiger partial charge >= 0.3 is 5.97 Å². The highest BCUT2D eigenvalue weighted by Crippen LogP contribution is 2.20. The molecular formula is C20H21NO8. The number of esters is 1. The van der Waals surface area contributed by atoms with Crippen LogP contribution in [0.4, 0.5) is 5.69 Å². The normalized spacial score (nSPS) is 26.6. The summed E-state index contributed by atoms with van der Waals surface area (Å²) in [6.45, 7) is -0.437. The highest BCUT2D eigenvalue weighted by Gasteiger charge is 2.43.